The maximum atomic E-state index is 12.0. The van der Waals surface area contributed by atoms with Gasteiger partial charge in [0.05, 0.1) is 6.61 Å². The Morgan fingerprint density at radius 1 is 1.37 bits per heavy atom. The van der Waals surface area contributed by atoms with Gasteiger partial charge in [0.25, 0.3) is 0 Å². The van der Waals surface area contributed by atoms with E-state index in [1.54, 1.807) is 20.8 Å². The Kier molecular flexibility index (Phi) is 4.79. The Morgan fingerprint density at radius 2 is 2.00 bits per heavy atom. The van der Waals surface area contributed by atoms with Crippen molar-refractivity contribution in [2.45, 2.75) is 39.2 Å². The molecule has 1 atom stereocenters. The number of carboxylic acids is 1. The average Bonchev–Trinajstić information content (AvgIpc) is 2.27. The summed E-state index contributed by atoms with van der Waals surface area (Å²) < 4.78 is 10.3. The zero-order valence-corrected chi connectivity index (χ0v) is 12.1. The molecular formula is C13H23NO5. The van der Waals surface area contributed by atoms with Gasteiger partial charge in [-0.15, -0.1) is 0 Å². The van der Waals surface area contributed by atoms with Crippen LogP contribution >= 0.6 is 0 Å². The number of hydrogen-bond donors (Lipinski definition) is 1. The molecule has 0 aliphatic carbocycles. The second-order valence-corrected chi connectivity index (χ2v) is 6.02. The first-order valence-corrected chi connectivity index (χ1v) is 6.40. The summed E-state index contributed by atoms with van der Waals surface area (Å²) >= 11 is 0. The largest absolute Gasteiger partial charge is 0.481 e. The maximum absolute atomic E-state index is 12.0. The summed E-state index contributed by atoms with van der Waals surface area (Å²) in [6.07, 6.45) is 0.679. The number of carboxylic acid groups (broad SMARTS) is 1. The van der Waals surface area contributed by atoms with Crippen LogP contribution in [0.4, 0.5) is 4.79 Å². The van der Waals surface area contributed by atoms with E-state index >= 15 is 0 Å². The fourth-order valence-electron chi connectivity index (χ4n) is 2.24. The average molecular weight is 273 g/mol. The fourth-order valence-corrected chi connectivity index (χ4v) is 2.24. The van der Waals surface area contributed by atoms with Crippen LogP contribution in [0.15, 0.2) is 0 Å². The van der Waals surface area contributed by atoms with E-state index in [4.69, 9.17) is 9.47 Å². The Bertz CT molecular complexity index is 345. The number of carbonyl (C=O) groups is 2. The van der Waals surface area contributed by atoms with Gasteiger partial charge in [-0.3, -0.25) is 4.79 Å². The van der Waals surface area contributed by atoms with Gasteiger partial charge in [-0.1, -0.05) is 0 Å². The molecule has 0 aromatic heterocycles. The van der Waals surface area contributed by atoms with Crippen LogP contribution in [0.25, 0.3) is 0 Å². The Labute approximate surface area is 113 Å². The number of rotatable bonds is 3. The number of nitrogens with zero attached hydrogens (tertiary/aromatic N) is 1. The quantitative estimate of drug-likeness (QED) is 0.847. The minimum atomic E-state index is -1.02. The van der Waals surface area contributed by atoms with Crippen molar-refractivity contribution in [3.63, 3.8) is 0 Å². The molecular weight excluding hydrogens is 250 g/mol. The van der Waals surface area contributed by atoms with Crippen LogP contribution in [0, 0.1) is 5.41 Å². The molecule has 1 saturated heterocycles. The molecule has 0 bridgehead atoms. The van der Waals surface area contributed by atoms with Crippen molar-refractivity contribution in [1.82, 2.24) is 4.90 Å². The normalized spacial score (nSPS) is 24.1. The molecule has 1 fully saturated rings. The summed E-state index contributed by atoms with van der Waals surface area (Å²) in [5, 5.41) is 9.39. The monoisotopic (exact) mass is 273 g/mol. The van der Waals surface area contributed by atoms with Crippen LogP contribution in [-0.2, 0) is 14.3 Å². The van der Waals surface area contributed by atoms with Crippen molar-refractivity contribution in [1.29, 1.82) is 0 Å². The van der Waals surface area contributed by atoms with Crippen molar-refractivity contribution < 1.29 is 24.2 Å². The lowest BCUT2D eigenvalue weighted by molar-refractivity contribution is -0.156. The van der Waals surface area contributed by atoms with E-state index < -0.39 is 23.1 Å². The molecule has 1 aliphatic rings. The minimum Gasteiger partial charge on any atom is -0.481 e. The number of methoxy groups -OCH3 is 1. The zero-order valence-electron chi connectivity index (χ0n) is 12.1. The van der Waals surface area contributed by atoms with Crippen LogP contribution in [-0.4, -0.2) is 54.5 Å². The van der Waals surface area contributed by atoms with E-state index in [1.165, 1.54) is 12.0 Å². The Hall–Kier alpha value is -1.30. The van der Waals surface area contributed by atoms with Crippen molar-refractivity contribution in [2.24, 2.45) is 5.41 Å². The number of aliphatic carboxylic acids is 1. The van der Waals surface area contributed by atoms with E-state index in [-0.39, 0.29) is 13.2 Å². The minimum absolute atomic E-state index is 0.0988. The predicted molar refractivity (Wildman–Crippen MR) is 69.0 cm³/mol. The summed E-state index contributed by atoms with van der Waals surface area (Å²) in [5.74, 6) is -0.928. The van der Waals surface area contributed by atoms with E-state index in [1.807, 2.05) is 0 Å². The zero-order chi connectivity index (χ0) is 14.7. The molecule has 1 unspecified atom stereocenters. The second kappa shape index (κ2) is 5.77. The standard InChI is InChI=1S/C13H23NO5/c1-12(2,3)19-11(17)14-7-5-6-13(8-14,9-18-4)10(15)16/h5-9H2,1-4H3,(H,15,16). The summed E-state index contributed by atoms with van der Waals surface area (Å²) in [6.45, 7) is 6.11. The molecule has 0 saturated carbocycles. The lowest BCUT2D eigenvalue weighted by Gasteiger charge is -2.39. The molecule has 1 heterocycles. The van der Waals surface area contributed by atoms with E-state index in [0.29, 0.717) is 19.4 Å². The lowest BCUT2D eigenvalue weighted by atomic mass is 9.81. The van der Waals surface area contributed by atoms with Crippen LogP contribution in [0.2, 0.25) is 0 Å². The third-order valence-corrected chi connectivity index (χ3v) is 3.10. The number of ether oxygens (including phenoxy) is 2. The molecule has 6 nitrogen and oxygen atoms in total. The van der Waals surface area contributed by atoms with Gasteiger partial charge >= 0.3 is 12.1 Å². The third-order valence-electron chi connectivity index (χ3n) is 3.10. The molecule has 110 valence electrons. The van der Waals surface area contributed by atoms with Gasteiger partial charge in [0, 0.05) is 20.2 Å². The number of hydrogen-bond acceptors (Lipinski definition) is 4. The summed E-state index contributed by atoms with van der Waals surface area (Å²) in [4.78, 5) is 24.9. The first kappa shape index (κ1) is 15.8. The SMILES string of the molecule is COCC1(C(=O)O)CCCN(C(=O)OC(C)(C)C)C1. The molecule has 6 heteroatoms. The van der Waals surface area contributed by atoms with Gasteiger partial charge in [-0.2, -0.15) is 0 Å². The lowest BCUT2D eigenvalue weighted by Crippen LogP contribution is -2.53. The number of carbonyl (C=O) groups excluding carboxylic acids is 1. The topological polar surface area (TPSA) is 76.1 Å². The van der Waals surface area contributed by atoms with E-state index in [2.05, 4.69) is 0 Å². The Balaban J connectivity index is 2.77. The van der Waals surface area contributed by atoms with Gasteiger partial charge in [0.1, 0.15) is 11.0 Å². The smallest absolute Gasteiger partial charge is 0.410 e. The molecule has 1 aliphatic heterocycles. The van der Waals surface area contributed by atoms with Gasteiger partial charge in [0.15, 0.2) is 0 Å². The van der Waals surface area contributed by atoms with E-state index in [0.717, 1.165) is 0 Å². The molecule has 1 amide bonds. The van der Waals surface area contributed by atoms with Gasteiger partial charge < -0.3 is 19.5 Å². The van der Waals surface area contributed by atoms with Crippen molar-refractivity contribution >= 4 is 12.1 Å². The van der Waals surface area contributed by atoms with Crippen LogP contribution in [0.3, 0.4) is 0 Å². The van der Waals surface area contributed by atoms with Crippen LogP contribution in [0.5, 0.6) is 0 Å². The second-order valence-electron chi connectivity index (χ2n) is 6.02. The fraction of sp³-hybridized carbons (Fsp3) is 0.846. The summed E-state index contributed by atoms with van der Waals surface area (Å²) in [5.41, 5.74) is -1.61. The molecule has 0 radical (unpaired) electrons. The Morgan fingerprint density at radius 3 is 2.47 bits per heavy atom. The van der Waals surface area contributed by atoms with E-state index in [9.17, 15) is 14.7 Å². The van der Waals surface area contributed by atoms with Crippen LogP contribution < -0.4 is 0 Å². The van der Waals surface area contributed by atoms with Crippen molar-refractivity contribution in [3.8, 4) is 0 Å². The van der Waals surface area contributed by atoms with Gasteiger partial charge in [-0.25, -0.2) is 4.79 Å². The maximum Gasteiger partial charge on any atom is 0.410 e. The number of piperidine rings is 1. The highest BCUT2D eigenvalue weighted by Crippen LogP contribution is 2.31. The van der Waals surface area contributed by atoms with Crippen molar-refractivity contribution in [3.05, 3.63) is 0 Å². The molecule has 1 rings (SSSR count). The molecule has 0 aromatic rings. The molecule has 0 aromatic carbocycles. The predicted octanol–water partition coefficient (Wildman–Crippen LogP) is 1.73. The van der Waals surface area contributed by atoms with Gasteiger partial charge in [-0.05, 0) is 33.6 Å². The summed E-state index contributed by atoms with van der Waals surface area (Å²) in [6, 6.07) is 0. The first-order chi connectivity index (χ1) is 8.70. The highest BCUT2D eigenvalue weighted by molar-refractivity contribution is 5.77. The highest BCUT2D eigenvalue weighted by Gasteiger charge is 2.44. The van der Waals surface area contributed by atoms with Gasteiger partial charge in [0.2, 0.25) is 0 Å². The molecule has 0 spiro atoms. The molecule has 19 heavy (non-hydrogen) atoms. The summed E-state index contributed by atoms with van der Waals surface area (Å²) in [7, 11) is 1.47. The first-order valence-electron chi connectivity index (χ1n) is 6.40. The number of amides is 1. The van der Waals surface area contributed by atoms with Crippen LogP contribution in [0.1, 0.15) is 33.6 Å². The number of likely N-dealkylation sites (tertiary alicyclic amines) is 1. The highest BCUT2D eigenvalue weighted by atomic mass is 16.6. The van der Waals surface area contributed by atoms with Crippen molar-refractivity contribution in [2.75, 3.05) is 26.8 Å². The third kappa shape index (κ3) is 4.09. The molecule has 1 N–H and O–H groups in total.